The number of hydrogen-bond donors (Lipinski definition) is 0. The first kappa shape index (κ1) is 18.7. The average Bonchev–Trinajstić information content (AvgIpc) is 3.03. The highest BCUT2D eigenvalue weighted by atomic mass is 16.2. The van der Waals surface area contributed by atoms with Gasteiger partial charge < -0.3 is 9.80 Å². The van der Waals surface area contributed by atoms with Gasteiger partial charge in [-0.05, 0) is 36.8 Å². The van der Waals surface area contributed by atoms with Crippen molar-refractivity contribution in [1.29, 1.82) is 5.26 Å². The number of nitrogens with zero attached hydrogens (tertiary/aromatic N) is 4. The van der Waals surface area contributed by atoms with Gasteiger partial charge in [0, 0.05) is 18.7 Å². The maximum absolute atomic E-state index is 13.0. The Hall–Kier alpha value is -3.66. The van der Waals surface area contributed by atoms with Gasteiger partial charge in [0.05, 0.1) is 24.2 Å². The fourth-order valence-electron chi connectivity index (χ4n) is 3.91. The molecule has 2 unspecified atom stereocenters. The van der Waals surface area contributed by atoms with Gasteiger partial charge in [0.25, 0.3) is 11.8 Å². The fourth-order valence-corrected chi connectivity index (χ4v) is 3.91. The van der Waals surface area contributed by atoms with Crippen LogP contribution in [0.15, 0.2) is 54.6 Å². The lowest BCUT2D eigenvalue weighted by Crippen LogP contribution is -2.54. The number of piperazine rings is 1. The molecule has 4 amide bonds. The molecular weight excluding hydrogens is 368 g/mol. The number of imide groups is 1. The number of hydrogen-bond acceptors (Lipinski definition) is 4. The minimum atomic E-state index is -0.662. The van der Waals surface area contributed by atoms with Crippen molar-refractivity contribution in [1.82, 2.24) is 14.7 Å². The number of benzene rings is 2. The molecule has 2 heterocycles. The molecule has 7 nitrogen and oxygen atoms in total. The minimum absolute atomic E-state index is 0.168. The molecule has 146 valence electrons. The van der Waals surface area contributed by atoms with Crippen LogP contribution in [0.4, 0.5) is 4.79 Å². The predicted molar refractivity (Wildman–Crippen MR) is 105 cm³/mol. The second-order valence-corrected chi connectivity index (χ2v) is 7.23. The lowest BCUT2D eigenvalue weighted by molar-refractivity contribution is -0.130. The number of fused-ring (bicyclic) bond motifs is 1. The van der Waals surface area contributed by atoms with Gasteiger partial charge >= 0.3 is 6.03 Å². The monoisotopic (exact) mass is 388 g/mol. The van der Waals surface area contributed by atoms with Crippen LogP contribution in [0.25, 0.3) is 0 Å². The first-order chi connectivity index (χ1) is 14.0. The van der Waals surface area contributed by atoms with Crippen LogP contribution in [0, 0.1) is 11.3 Å². The molecule has 29 heavy (non-hydrogen) atoms. The second-order valence-electron chi connectivity index (χ2n) is 7.23. The van der Waals surface area contributed by atoms with Crippen molar-refractivity contribution in [3.63, 3.8) is 0 Å². The lowest BCUT2D eigenvalue weighted by atomic mass is 10.1. The topological polar surface area (TPSA) is 84.7 Å². The Balaban J connectivity index is 1.52. The van der Waals surface area contributed by atoms with Crippen LogP contribution in [0.5, 0.6) is 0 Å². The summed E-state index contributed by atoms with van der Waals surface area (Å²) in [5.41, 5.74) is 1.83. The molecule has 7 heteroatoms. The van der Waals surface area contributed by atoms with Gasteiger partial charge in [-0.15, -0.1) is 0 Å². The average molecular weight is 388 g/mol. The molecule has 2 aromatic carbocycles. The van der Waals surface area contributed by atoms with Crippen LogP contribution in [-0.4, -0.2) is 58.2 Å². The Morgan fingerprint density at radius 3 is 2.41 bits per heavy atom. The maximum atomic E-state index is 13.0. The van der Waals surface area contributed by atoms with E-state index in [1.807, 2.05) is 43.3 Å². The second kappa shape index (κ2) is 7.40. The van der Waals surface area contributed by atoms with E-state index < -0.39 is 6.04 Å². The summed E-state index contributed by atoms with van der Waals surface area (Å²) in [6.07, 6.45) is 0. The summed E-state index contributed by atoms with van der Waals surface area (Å²) in [7, 11) is 0. The third-order valence-corrected chi connectivity index (χ3v) is 5.57. The summed E-state index contributed by atoms with van der Waals surface area (Å²) in [4.78, 5) is 43.2. The smallest absolute Gasteiger partial charge is 0.328 e. The van der Waals surface area contributed by atoms with E-state index in [1.54, 1.807) is 34.1 Å². The van der Waals surface area contributed by atoms with E-state index in [1.165, 1.54) is 4.90 Å². The van der Waals surface area contributed by atoms with E-state index in [4.69, 9.17) is 5.26 Å². The first-order valence-electron chi connectivity index (χ1n) is 9.49. The van der Waals surface area contributed by atoms with E-state index in [9.17, 15) is 14.4 Å². The molecule has 0 bridgehead atoms. The molecule has 2 fully saturated rings. The zero-order valence-electron chi connectivity index (χ0n) is 16.0. The van der Waals surface area contributed by atoms with E-state index in [2.05, 4.69) is 0 Å². The fraction of sp³-hybridized carbons (Fsp3) is 0.273. The van der Waals surface area contributed by atoms with Crippen molar-refractivity contribution < 1.29 is 14.4 Å². The Labute approximate surface area is 168 Å². The zero-order valence-corrected chi connectivity index (χ0v) is 16.0. The normalized spacial score (nSPS) is 19.7. The van der Waals surface area contributed by atoms with Gasteiger partial charge in [-0.1, -0.05) is 30.3 Å². The first-order valence-corrected chi connectivity index (χ1v) is 9.49. The molecule has 0 aliphatic carbocycles. The number of carbonyl (C=O) groups is 3. The van der Waals surface area contributed by atoms with Crippen LogP contribution in [0.2, 0.25) is 0 Å². The number of carbonyl (C=O) groups excluding carboxylic acids is 3. The summed E-state index contributed by atoms with van der Waals surface area (Å²) >= 11 is 0. The summed E-state index contributed by atoms with van der Waals surface area (Å²) in [5, 5.41) is 8.90. The molecule has 0 radical (unpaired) electrons. The Morgan fingerprint density at radius 1 is 1.07 bits per heavy atom. The van der Waals surface area contributed by atoms with Crippen molar-refractivity contribution in [2.75, 3.05) is 19.6 Å². The van der Waals surface area contributed by atoms with Gasteiger partial charge in [-0.25, -0.2) is 4.79 Å². The summed E-state index contributed by atoms with van der Waals surface area (Å²) < 4.78 is 0. The van der Waals surface area contributed by atoms with Crippen LogP contribution >= 0.6 is 0 Å². The van der Waals surface area contributed by atoms with Gasteiger partial charge in [0.15, 0.2) is 0 Å². The van der Waals surface area contributed by atoms with Crippen molar-refractivity contribution >= 4 is 17.8 Å². The third kappa shape index (κ3) is 3.23. The number of rotatable bonds is 3. The SMILES string of the molecule is CC(c1ccccc1)N1C(=O)C2CN(C(=O)c3ccc(C#N)cc3)CCN2C1=O. The number of amides is 4. The molecule has 0 aromatic heterocycles. The molecule has 2 aliphatic rings. The third-order valence-electron chi connectivity index (χ3n) is 5.57. The molecule has 4 rings (SSSR count). The molecule has 2 atom stereocenters. The quantitative estimate of drug-likeness (QED) is 0.756. The van der Waals surface area contributed by atoms with Gasteiger partial charge in [0.2, 0.25) is 0 Å². The summed E-state index contributed by atoms with van der Waals surface area (Å²) in [5.74, 6) is -0.479. The molecule has 2 aromatic rings. The Kier molecular flexibility index (Phi) is 4.77. The number of nitriles is 1. The van der Waals surface area contributed by atoms with Crippen molar-refractivity contribution in [3.05, 3.63) is 71.3 Å². The van der Waals surface area contributed by atoms with Crippen LogP contribution in [0.3, 0.4) is 0 Å². The van der Waals surface area contributed by atoms with Crippen LogP contribution < -0.4 is 0 Å². The van der Waals surface area contributed by atoms with Gasteiger partial charge in [-0.2, -0.15) is 5.26 Å². The lowest BCUT2D eigenvalue weighted by Gasteiger charge is -2.35. The van der Waals surface area contributed by atoms with E-state index in [-0.39, 0.29) is 30.4 Å². The molecule has 0 N–H and O–H groups in total. The van der Waals surface area contributed by atoms with Crippen LogP contribution in [0.1, 0.15) is 34.5 Å². The zero-order chi connectivity index (χ0) is 20.5. The molecule has 2 aliphatic heterocycles. The highest BCUT2D eigenvalue weighted by Gasteiger charge is 2.50. The highest BCUT2D eigenvalue weighted by Crippen LogP contribution is 2.30. The van der Waals surface area contributed by atoms with Crippen LogP contribution in [-0.2, 0) is 4.79 Å². The predicted octanol–water partition coefficient (Wildman–Crippen LogP) is 2.41. The summed E-state index contributed by atoms with van der Waals surface area (Å²) in [6, 6.07) is 16.5. The van der Waals surface area contributed by atoms with Gasteiger partial charge in [0.1, 0.15) is 6.04 Å². The van der Waals surface area contributed by atoms with Crippen molar-refractivity contribution in [2.24, 2.45) is 0 Å². The Morgan fingerprint density at radius 2 is 1.76 bits per heavy atom. The van der Waals surface area contributed by atoms with Crippen molar-refractivity contribution in [2.45, 2.75) is 19.0 Å². The maximum Gasteiger partial charge on any atom is 0.328 e. The van der Waals surface area contributed by atoms with Crippen molar-refractivity contribution in [3.8, 4) is 6.07 Å². The molecule has 2 saturated heterocycles. The van der Waals surface area contributed by atoms with Gasteiger partial charge in [-0.3, -0.25) is 14.5 Å². The highest BCUT2D eigenvalue weighted by molar-refractivity contribution is 6.05. The molecular formula is C22H20N4O3. The molecule has 0 saturated carbocycles. The minimum Gasteiger partial charge on any atom is -0.334 e. The largest absolute Gasteiger partial charge is 0.334 e. The van der Waals surface area contributed by atoms with E-state index in [0.717, 1.165) is 5.56 Å². The summed E-state index contributed by atoms with van der Waals surface area (Å²) in [6.45, 7) is 2.68. The van der Waals surface area contributed by atoms with E-state index in [0.29, 0.717) is 24.2 Å². The number of urea groups is 1. The van der Waals surface area contributed by atoms with E-state index >= 15 is 0 Å². The molecule has 0 spiro atoms. The Bertz CT molecular complexity index is 997. The standard InChI is InChI=1S/C22H20N4O3/c1-15(17-5-3-2-4-6-17)26-21(28)19-14-24(11-12-25(19)22(26)29)20(27)18-9-7-16(13-23)8-10-18/h2-10,15,19H,11-12,14H2,1H3.